The second kappa shape index (κ2) is 2.04. The number of hydrogen-bond acceptors (Lipinski definition) is 4. The smallest absolute Gasteiger partial charge is 0.257 e. The van der Waals surface area contributed by atoms with E-state index in [1.807, 2.05) is 0 Å². The second-order valence-corrected chi connectivity index (χ2v) is 1.75. The topological polar surface area (TPSA) is 95.7 Å². The fraction of sp³-hybridized carbons (Fsp3) is 0. The van der Waals surface area contributed by atoms with Crippen molar-refractivity contribution in [2.45, 2.75) is 0 Å². The lowest BCUT2D eigenvalue weighted by molar-refractivity contribution is 0.257. The molecular weight excluding hydrogens is 148 g/mol. The molecule has 0 fully saturated rings. The van der Waals surface area contributed by atoms with E-state index in [-0.39, 0.29) is 5.84 Å². The molecule has 0 spiro atoms. The van der Waals surface area contributed by atoms with E-state index in [1.54, 1.807) is 0 Å². The number of azo groups is 1. The number of urea groups is 1. The lowest BCUT2D eigenvalue weighted by Gasteiger charge is -1.82. The van der Waals surface area contributed by atoms with Crippen LogP contribution >= 0.6 is 0 Å². The van der Waals surface area contributed by atoms with Gasteiger partial charge in [0.25, 0.3) is 0 Å². The van der Waals surface area contributed by atoms with Gasteiger partial charge < -0.3 is 0 Å². The highest BCUT2D eigenvalue weighted by atomic mass is 16.2. The average molecular weight is 150 g/mol. The number of H-pyrrole nitrogens is 1. The first-order valence-electron chi connectivity index (χ1n) is 2.76. The molecule has 0 aromatic carbocycles. The number of hydrogen-bond donors (Lipinski definition) is 1. The summed E-state index contributed by atoms with van der Waals surface area (Å²) in [5.41, 5.74) is 0. The Morgan fingerprint density at radius 2 is 2.27 bits per heavy atom. The number of nitrogens with zero attached hydrogens (tertiary/aromatic N) is 5. The third kappa shape index (κ3) is 0.914. The van der Waals surface area contributed by atoms with Gasteiger partial charge in [-0.2, -0.15) is 10.1 Å². The molecule has 2 amide bonds. The van der Waals surface area contributed by atoms with E-state index in [0.717, 1.165) is 0 Å². The first-order chi connectivity index (χ1) is 5.36. The van der Waals surface area contributed by atoms with Gasteiger partial charge in [0.2, 0.25) is 5.84 Å². The third-order valence-corrected chi connectivity index (χ3v) is 1.06. The summed E-state index contributed by atoms with van der Waals surface area (Å²) in [6, 6.07) is -0.614. The molecule has 1 N–H and O–H groups in total. The number of aromatic amines is 1. The number of aromatic nitrogens is 3. The standard InChI is InChI=1S/C4H2N6O/c11-4-7-3(9-10-4)2-5-1-6-8-2/h1H,(H,5,6,8). The van der Waals surface area contributed by atoms with Gasteiger partial charge in [0.05, 0.1) is 0 Å². The van der Waals surface area contributed by atoms with E-state index in [1.165, 1.54) is 6.33 Å². The zero-order chi connectivity index (χ0) is 7.68. The summed E-state index contributed by atoms with van der Waals surface area (Å²) in [4.78, 5) is 17.6. The van der Waals surface area contributed by atoms with Crippen LogP contribution < -0.4 is 0 Å². The number of rotatable bonds is 1. The summed E-state index contributed by atoms with van der Waals surface area (Å²) in [5.74, 6) is 0.520. The van der Waals surface area contributed by atoms with Gasteiger partial charge in [0, 0.05) is 0 Å². The lowest BCUT2D eigenvalue weighted by Crippen LogP contribution is -1.96. The molecule has 11 heavy (non-hydrogen) atoms. The minimum atomic E-state index is -0.614. The van der Waals surface area contributed by atoms with Crippen LogP contribution in [0.3, 0.4) is 0 Å². The maximum absolute atomic E-state index is 10.4. The number of amidine groups is 1. The summed E-state index contributed by atoms with van der Waals surface area (Å²) in [6.45, 7) is 0. The zero-order valence-electron chi connectivity index (χ0n) is 5.22. The van der Waals surface area contributed by atoms with Crippen LogP contribution in [-0.4, -0.2) is 27.0 Å². The fourth-order valence-corrected chi connectivity index (χ4v) is 0.639. The van der Waals surface area contributed by atoms with Crippen molar-refractivity contribution in [2.24, 2.45) is 15.2 Å². The Hall–Kier alpha value is -1.92. The van der Waals surface area contributed by atoms with Crippen LogP contribution in [0.1, 0.15) is 5.82 Å². The van der Waals surface area contributed by atoms with Gasteiger partial charge >= 0.3 is 6.03 Å². The molecule has 0 bridgehead atoms. The maximum Gasteiger partial charge on any atom is 0.387 e. The van der Waals surface area contributed by atoms with Crippen molar-refractivity contribution in [3.8, 4) is 0 Å². The Morgan fingerprint density at radius 3 is 2.82 bits per heavy atom. The van der Waals surface area contributed by atoms with E-state index in [2.05, 4.69) is 30.4 Å². The molecule has 2 rings (SSSR count). The molecule has 1 aliphatic rings. The maximum atomic E-state index is 10.4. The average Bonchev–Trinajstić information content (AvgIpc) is 2.55. The molecule has 7 heteroatoms. The van der Waals surface area contributed by atoms with Crippen LogP contribution in [0.15, 0.2) is 21.5 Å². The van der Waals surface area contributed by atoms with Crippen molar-refractivity contribution in [2.75, 3.05) is 0 Å². The molecule has 0 aliphatic carbocycles. The van der Waals surface area contributed by atoms with E-state index >= 15 is 0 Å². The minimum Gasteiger partial charge on any atom is -0.257 e. The highest BCUT2D eigenvalue weighted by Gasteiger charge is 2.13. The largest absolute Gasteiger partial charge is 0.387 e. The normalized spacial score (nSPS) is 15.6. The molecule has 2 heterocycles. The third-order valence-electron chi connectivity index (χ3n) is 1.06. The van der Waals surface area contributed by atoms with Crippen LogP contribution in [-0.2, 0) is 0 Å². The Balaban J connectivity index is 2.40. The number of carbonyl (C=O) groups is 1. The molecule has 0 atom stereocenters. The first kappa shape index (κ1) is 5.83. The molecule has 0 saturated carbocycles. The molecule has 54 valence electrons. The number of aliphatic imine (C=N–C) groups is 1. The van der Waals surface area contributed by atoms with E-state index in [4.69, 9.17) is 0 Å². The van der Waals surface area contributed by atoms with Crippen molar-refractivity contribution >= 4 is 11.9 Å². The van der Waals surface area contributed by atoms with Gasteiger partial charge in [0.1, 0.15) is 6.33 Å². The summed E-state index contributed by atoms with van der Waals surface area (Å²) in [6.07, 6.45) is 1.30. The molecule has 7 nitrogen and oxygen atoms in total. The van der Waals surface area contributed by atoms with Gasteiger partial charge in [0.15, 0.2) is 5.82 Å². The van der Waals surface area contributed by atoms with Gasteiger partial charge in [-0.15, -0.1) is 5.11 Å². The Morgan fingerprint density at radius 1 is 1.36 bits per heavy atom. The molecule has 1 aromatic rings. The predicted molar refractivity (Wildman–Crippen MR) is 33.2 cm³/mol. The Bertz CT molecular complexity index is 335. The molecular formula is C4H2N6O. The van der Waals surface area contributed by atoms with E-state index in [0.29, 0.717) is 5.82 Å². The number of carbonyl (C=O) groups excluding carboxylic acids is 1. The van der Waals surface area contributed by atoms with Crippen LogP contribution in [0.5, 0.6) is 0 Å². The molecule has 1 aliphatic heterocycles. The molecule has 0 unspecified atom stereocenters. The van der Waals surface area contributed by atoms with Crippen LogP contribution in [0.25, 0.3) is 0 Å². The van der Waals surface area contributed by atoms with Crippen LogP contribution in [0, 0.1) is 0 Å². The number of amides is 2. The first-order valence-corrected chi connectivity index (χ1v) is 2.76. The van der Waals surface area contributed by atoms with Crippen molar-refractivity contribution < 1.29 is 4.79 Å². The summed E-state index contributed by atoms with van der Waals surface area (Å²) in [7, 11) is 0. The van der Waals surface area contributed by atoms with Gasteiger partial charge in [-0.3, -0.25) is 5.10 Å². The highest BCUT2D eigenvalue weighted by Crippen LogP contribution is 2.02. The Labute approximate surface area is 60.3 Å². The van der Waals surface area contributed by atoms with Crippen molar-refractivity contribution in [1.29, 1.82) is 0 Å². The monoisotopic (exact) mass is 150 g/mol. The van der Waals surface area contributed by atoms with Gasteiger partial charge in [-0.1, -0.05) is 5.11 Å². The van der Waals surface area contributed by atoms with E-state index < -0.39 is 6.03 Å². The van der Waals surface area contributed by atoms with Crippen LogP contribution in [0.4, 0.5) is 4.79 Å². The lowest BCUT2D eigenvalue weighted by atomic mass is 10.6. The molecule has 0 saturated heterocycles. The quantitative estimate of drug-likeness (QED) is 0.616. The predicted octanol–water partition coefficient (Wildman–Crippen LogP) is 0.137. The molecule has 0 radical (unpaired) electrons. The summed E-state index contributed by atoms with van der Waals surface area (Å²) in [5, 5.41) is 12.7. The van der Waals surface area contributed by atoms with Crippen LogP contribution in [0.2, 0.25) is 0 Å². The number of nitrogens with one attached hydrogen (secondary N) is 1. The summed E-state index contributed by atoms with van der Waals surface area (Å²) >= 11 is 0. The van der Waals surface area contributed by atoms with Gasteiger partial charge in [-0.05, 0) is 0 Å². The van der Waals surface area contributed by atoms with E-state index in [9.17, 15) is 4.79 Å². The summed E-state index contributed by atoms with van der Waals surface area (Å²) < 4.78 is 0. The SMILES string of the molecule is O=C1N=NC(c2ncn[nH]2)=N1. The fourth-order valence-electron chi connectivity index (χ4n) is 0.639. The zero-order valence-corrected chi connectivity index (χ0v) is 5.22. The van der Waals surface area contributed by atoms with Crippen molar-refractivity contribution in [3.63, 3.8) is 0 Å². The minimum absolute atomic E-state index is 0.174. The van der Waals surface area contributed by atoms with Crippen molar-refractivity contribution in [1.82, 2.24) is 15.2 Å². The highest BCUT2D eigenvalue weighted by molar-refractivity contribution is 6.06. The second-order valence-electron chi connectivity index (χ2n) is 1.75. The Kier molecular flexibility index (Phi) is 1.08. The van der Waals surface area contributed by atoms with Crippen molar-refractivity contribution in [3.05, 3.63) is 12.2 Å². The molecule has 1 aromatic heterocycles. The van der Waals surface area contributed by atoms with Gasteiger partial charge in [-0.25, -0.2) is 9.78 Å².